The van der Waals surface area contributed by atoms with E-state index in [1.54, 1.807) is 66.7 Å². The summed E-state index contributed by atoms with van der Waals surface area (Å²) >= 11 is 10.8. The molecule has 3 amide bonds. The highest BCUT2D eigenvalue weighted by Crippen LogP contribution is 2.28. The standard InChI is InChI=1S/C31H25BrClN3O4S/c1-40-28-14-13-23(33)17-26(28)35-29(37)19-41-25-12-6-11-24(18-25)34-31(39)27(16-20-7-5-10-22(32)15-20)36-30(38)21-8-3-2-4-9-21/h2-18H,19H2,1H3,(H,34,39)(H,35,37)(H,36,38)/b27-16+. The monoisotopic (exact) mass is 649 g/mol. The Morgan fingerprint density at radius 1 is 0.902 bits per heavy atom. The van der Waals surface area contributed by atoms with Crippen molar-refractivity contribution < 1.29 is 19.1 Å². The Morgan fingerprint density at radius 2 is 1.68 bits per heavy atom. The molecule has 0 aliphatic heterocycles. The predicted octanol–water partition coefficient (Wildman–Crippen LogP) is 7.25. The van der Waals surface area contributed by atoms with E-state index >= 15 is 0 Å². The number of thioether (sulfide) groups is 1. The molecule has 0 heterocycles. The van der Waals surface area contributed by atoms with Crippen LogP contribution in [0.15, 0.2) is 112 Å². The van der Waals surface area contributed by atoms with Crippen LogP contribution in [0.5, 0.6) is 5.75 Å². The lowest BCUT2D eigenvalue weighted by Crippen LogP contribution is -2.30. The van der Waals surface area contributed by atoms with Crippen molar-refractivity contribution in [3.05, 3.63) is 123 Å². The Morgan fingerprint density at radius 3 is 2.44 bits per heavy atom. The molecule has 4 aromatic rings. The Balaban J connectivity index is 1.45. The van der Waals surface area contributed by atoms with Crippen LogP contribution in [-0.4, -0.2) is 30.6 Å². The van der Waals surface area contributed by atoms with Gasteiger partial charge in [0, 0.05) is 25.6 Å². The lowest BCUT2D eigenvalue weighted by atomic mass is 10.1. The maximum Gasteiger partial charge on any atom is 0.272 e. The van der Waals surface area contributed by atoms with Crippen molar-refractivity contribution in [3.8, 4) is 5.75 Å². The molecule has 3 N–H and O–H groups in total. The number of methoxy groups -OCH3 is 1. The van der Waals surface area contributed by atoms with Crippen LogP contribution in [-0.2, 0) is 9.59 Å². The lowest BCUT2D eigenvalue weighted by Gasteiger charge is -2.13. The fourth-order valence-electron chi connectivity index (χ4n) is 3.68. The maximum absolute atomic E-state index is 13.3. The Hall–Kier alpha value is -4.05. The first-order valence-electron chi connectivity index (χ1n) is 12.3. The second-order valence-electron chi connectivity index (χ2n) is 8.60. The van der Waals surface area contributed by atoms with Crippen LogP contribution in [0.3, 0.4) is 0 Å². The van der Waals surface area contributed by atoms with Crippen LogP contribution in [0.25, 0.3) is 6.08 Å². The summed E-state index contributed by atoms with van der Waals surface area (Å²) in [6.07, 6.45) is 1.61. The third kappa shape index (κ3) is 8.97. The smallest absolute Gasteiger partial charge is 0.272 e. The van der Waals surface area contributed by atoms with Crippen molar-refractivity contribution in [3.63, 3.8) is 0 Å². The number of hydrogen-bond acceptors (Lipinski definition) is 5. The van der Waals surface area contributed by atoms with E-state index in [1.165, 1.54) is 18.9 Å². The fraction of sp³-hybridized carbons (Fsp3) is 0.0645. The molecule has 0 aliphatic rings. The van der Waals surface area contributed by atoms with Gasteiger partial charge in [0.25, 0.3) is 11.8 Å². The second-order valence-corrected chi connectivity index (χ2v) is 11.0. The van der Waals surface area contributed by atoms with Crippen LogP contribution >= 0.6 is 39.3 Å². The SMILES string of the molecule is COc1ccc(Cl)cc1NC(=O)CSc1cccc(NC(=O)/C(=C\c2cccc(Br)c2)NC(=O)c2ccccc2)c1. The number of carbonyl (C=O) groups is 3. The number of benzene rings is 4. The molecule has 0 spiro atoms. The number of carbonyl (C=O) groups excluding carboxylic acids is 3. The Bertz CT molecular complexity index is 1600. The van der Waals surface area contributed by atoms with Gasteiger partial charge in [-0.25, -0.2) is 0 Å². The van der Waals surface area contributed by atoms with Crippen molar-refractivity contribution in [1.29, 1.82) is 0 Å². The summed E-state index contributed by atoms with van der Waals surface area (Å²) in [5.74, 6) is -0.527. The molecule has 7 nitrogen and oxygen atoms in total. The molecule has 0 atom stereocenters. The normalized spacial score (nSPS) is 11.0. The van der Waals surface area contributed by atoms with E-state index in [2.05, 4.69) is 31.9 Å². The van der Waals surface area contributed by atoms with Crippen molar-refractivity contribution in [1.82, 2.24) is 5.32 Å². The molecule has 0 fully saturated rings. The number of anilines is 2. The highest BCUT2D eigenvalue weighted by molar-refractivity contribution is 9.10. The van der Waals surface area contributed by atoms with Crippen LogP contribution in [0.4, 0.5) is 11.4 Å². The molecule has 4 rings (SSSR count). The first-order chi connectivity index (χ1) is 19.8. The Labute approximate surface area is 255 Å². The average Bonchev–Trinajstić information content (AvgIpc) is 2.96. The van der Waals surface area contributed by atoms with E-state index in [-0.39, 0.29) is 17.4 Å². The average molecular weight is 651 g/mol. The molecule has 10 heteroatoms. The molecular weight excluding hydrogens is 626 g/mol. The topological polar surface area (TPSA) is 96.5 Å². The molecule has 0 aromatic heterocycles. The van der Waals surface area contributed by atoms with Crippen molar-refractivity contribution in [2.24, 2.45) is 0 Å². The summed E-state index contributed by atoms with van der Waals surface area (Å²) in [7, 11) is 1.51. The van der Waals surface area contributed by atoms with Crippen molar-refractivity contribution in [2.75, 3.05) is 23.5 Å². The summed E-state index contributed by atoms with van der Waals surface area (Å²) in [4.78, 5) is 39.6. The molecule has 208 valence electrons. The molecule has 0 aliphatic carbocycles. The van der Waals surface area contributed by atoms with E-state index in [0.29, 0.717) is 27.7 Å². The van der Waals surface area contributed by atoms with Gasteiger partial charge in [-0.15, -0.1) is 11.8 Å². The summed E-state index contributed by atoms with van der Waals surface area (Å²) < 4.78 is 6.11. The molecular formula is C31H25BrClN3O4S. The highest BCUT2D eigenvalue weighted by Gasteiger charge is 2.16. The third-order valence-electron chi connectivity index (χ3n) is 5.59. The minimum Gasteiger partial charge on any atom is -0.495 e. The molecule has 4 aromatic carbocycles. The van der Waals surface area contributed by atoms with Crippen LogP contribution in [0, 0.1) is 0 Å². The van der Waals surface area contributed by atoms with E-state index in [1.807, 2.05) is 36.4 Å². The van der Waals surface area contributed by atoms with Gasteiger partial charge < -0.3 is 20.7 Å². The first-order valence-corrected chi connectivity index (χ1v) is 14.5. The van der Waals surface area contributed by atoms with Gasteiger partial charge in [-0.05, 0) is 72.3 Å². The first kappa shape index (κ1) is 29.9. The Kier molecular flexibility index (Phi) is 10.6. The van der Waals surface area contributed by atoms with Gasteiger partial charge in [0.1, 0.15) is 11.4 Å². The number of nitrogens with one attached hydrogen (secondary N) is 3. The molecule has 0 bridgehead atoms. The van der Waals surface area contributed by atoms with Gasteiger partial charge in [0.15, 0.2) is 0 Å². The number of hydrogen-bond donors (Lipinski definition) is 3. The number of halogens is 2. The maximum atomic E-state index is 13.3. The van der Waals surface area contributed by atoms with E-state index in [9.17, 15) is 14.4 Å². The van der Waals surface area contributed by atoms with Gasteiger partial charge in [-0.3, -0.25) is 14.4 Å². The van der Waals surface area contributed by atoms with Crippen LogP contribution in [0.1, 0.15) is 15.9 Å². The van der Waals surface area contributed by atoms with E-state index in [4.69, 9.17) is 16.3 Å². The zero-order chi connectivity index (χ0) is 29.2. The minimum atomic E-state index is -0.498. The fourth-order valence-corrected chi connectivity index (χ4v) is 5.02. The molecule has 0 unspecified atom stereocenters. The van der Waals surface area contributed by atoms with E-state index in [0.717, 1.165) is 14.9 Å². The van der Waals surface area contributed by atoms with Gasteiger partial charge in [0.05, 0.1) is 18.6 Å². The molecule has 0 radical (unpaired) electrons. The summed E-state index contributed by atoms with van der Waals surface area (Å²) in [6.45, 7) is 0. The number of ether oxygens (including phenoxy) is 1. The lowest BCUT2D eigenvalue weighted by molar-refractivity contribution is -0.114. The largest absolute Gasteiger partial charge is 0.495 e. The minimum absolute atomic E-state index is 0.0739. The van der Waals surface area contributed by atoms with Gasteiger partial charge in [-0.2, -0.15) is 0 Å². The zero-order valence-corrected chi connectivity index (χ0v) is 25.0. The van der Waals surface area contributed by atoms with Gasteiger partial charge in [0.2, 0.25) is 5.91 Å². The van der Waals surface area contributed by atoms with Gasteiger partial charge in [-0.1, -0.05) is 63.9 Å². The third-order valence-corrected chi connectivity index (χ3v) is 7.31. The molecule has 41 heavy (non-hydrogen) atoms. The number of amides is 3. The molecule has 0 saturated carbocycles. The van der Waals surface area contributed by atoms with Crippen molar-refractivity contribution in [2.45, 2.75) is 4.90 Å². The van der Waals surface area contributed by atoms with Gasteiger partial charge >= 0.3 is 0 Å². The second kappa shape index (κ2) is 14.5. The van der Waals surface area contributed by atoms with Crippen molar-refractivity contribution >= 4 is 74.5 Å². The summed E-state index contributed by atoms with van der Waals surface area (Å²) in [5, 5.41) is 8.85. The van der Waals surface area contributed by atoms with Crippen LogP contribution < -0.4 is 20.7 Å². The predicted molar refractivity (Wildman–Crippen MR) is 168 cm³/mol. The zero-order valence-electron chi connectivity index (χ0n) is 21.8. The summed E-state index contributed by atoms with van der Waals surface area (Å²) in [6, 6.07) is 28.1. The van der Waals surface area contributed by atoms with E-state index < -0.39 is 11.8 Å². The van der Waals surface area contributed by atoms with Crippen LogP contribution in [0.2, 0.25) is 5.02 Å². The quantitative estimate of drug-likeness (QED) is 0.124. The number of rotatable bonds is 10. The summed E-state index contributed by atoms with van der Waals surface area (Å²) in [5.41, 5.74) is 2.21. The molecule has 0 saturated heterocycles. The highest BCUT2D eigenvalue weighted by atomic mass is 79.9.